The van der Waals surface area contributed by atoms with Crippen LogP contribution in [0.5, 0.6) is 23.1 Å². The normalized spacial score (nSPS) is 20.1. The van der Waals surface area contributed by atoms with Crippen LogP contribution in [-0.2, 0) is 11.8 Å². The lowest BCUT2D eigenvalue weighted by Crippen LogP contribution is -2.29. The van der Waals surface area contributed by atoms with Crippen LogP contribution in [0.15, 0.2) is 49.3 Å². The molecule has 3 aromatic heterocycles. The number of hydrogen-bond acceptors (Lipinski definition) is 8. The first-order valence-corrected chi connectivity index (χ1v) is 13.0. The van der Waals surface area contributed by atoms with Gasteiger partial charge >= 0.3 is 0 Å². The minimum absolute atomic E-state index is 0.0226. The fraction of sp³-hybridized carbons (Fsp3) is 0.267. The quantitative estimate of drug-likeness (QED) is 0.311. The molecule has 3 aliphatic rings. The minimum Gasteiger partial charge on any atom is -0.453 e. The van der Waals surface area contributed by atoms with Crippen molar-refractivity contribution >= 4 is 22.8 Å². The van der Waals surface area contributed by atoms with Gasteiger partial charge in [-0.25, -0.2) is 15.0 Å². The number of aryl methyl sites for hydroxylation is 2. The number of ether oxygens (including phenoxy) is 3. The second kappa shape index (κ2) is 9.02. The molecule has 10 nitrogen and oxygen atoms in total. The monoisotopic (exact) mass is 534 g/mol. The predicted octanol–water partition coefficient (Wildman–Crippen LogP) is 3.68. The van der Waals surface area contributed by atoms with Gasteiger partial charge in [0, 0.05) is 48.9 Å². The second-order valence-electron chi connectivity index (χ2n) is 10.2. The maximum atomic E-state index is 12.0. The lowest BCUT2D eigenvalue weighted by Gasteiger charge is -2.16. The number of pyridine rings is 1. The summed E-state index contributed by atoms with van der Waals surface area (Å²) >= 11 is 0. The number of anilines is 1. The van der Waals surface area contributed by atoms with Gasteiger partial charge in [-0.2, -0.15) is 0 Å². The van der Waals surface area contributed by atoms with Crippen molar-refractivity contribution < 1.29 is 19.0 Å². The molecule has 2 aliphatic heterocycles. The number of aromatic nitrogens is 4. The number of amides is 1. The minimum atomic E-state index is -0.0226. The van der Waals surface area contributed by atoms with Crippen LogP contribution in [0, 0.1) is 36.5 Å². The van der Waals surface area contributed by atoms with Gasteiger partial charge in [-0.3, -0.25) is 4.79 Å². The molecule has 3 atom stereocenters. The van der Waals surface area contributed by atoms with E-state index in [2.05, 4.69) is 33.4 Å². The van der Waals surface area contributed by atoms with Crippen LogP contribution in [0.4, 0.5) is 5.82 Å². The van der Waals surface area contributed by atoms with Crippen LogP contribution in [-0.4, -0.2) is 50.2 Å². The number of nitrogens with zero attached hydrogens (tertiary/aromatic N) is 5. The number of carbonyl (C=O) groups is 1. The highest BCUT2D eigenvalue weighted by Gasteiger charge is 2.55. The molecule has 7 rings (SSSR count). The maximum Gasteiger partial charge on any atom is 0.245 e. The van der Waals surface area contributed by atoms with Crippen LogP contribution >= 0.6 is 0 Å². The van der Waals surface area contributed by atoms with Crippen molar-refractivity contribution in [1.82, 2.24) is 24.4 Å². The van der Waals surface area contributed by atoms with Crippen molar-refractivity contribution in [2.75, 3.05) is 25.6 Å². The summed E-state index contributed by atoms with van der Waals surface area (Å²) in [6.07, 6.45) is 2.82. The average molecular weight is 535 g/mol. The van der Waals surface area contributed by atoms with Gasteiger partial charge in [-0.15, -0.1) is 0 Å². The lowest BCUT2D eigenvalue weighted by atomic mass is 10.0. The van der Waals surface area contributed by atoms with Crippen LogP contribution in [0.1, 0.15) is 11.4 Å². The number of nitrogen functional groups attached to an aromatic ring is 1. The third-order valence-corrected chi connectivity index (χ3v) is 7.86. The number of fused-ring (bicyclic) bond motifs is 3. The van der Waals surface area contributed by atoms with Crippen LogP contribution in [0.25, 0.3) is 22.2 Å². The van der Waals surface area contributed by atoms with Gasteiger partial charge in [0.15, 0.2) is 11.5 Å². The standard InChI is InChI=1S/C30H26N6O4/c1-4-24(37)36-12-19-17(20(19)13-36)8-10-21-25(26-29(31)32-14-33-30(26)35(21)3)18-9-11-22(28-27(18)38-15-39-28)40-23-7-5-6-16(2)34-23/h4-7,9,11,14,17,19-20H,1,12-13,15H2,2-3H3,(H2,31,32,33)/t17?,19-,20+. The fourth-order valence-corrected chi connectivity index (χ4v) is 5.82. The van der Waals surface area contributed by atoms with E-state index >= 15 is 0 Å². The Hall–Kier alpha value is -5.04. The Bertz CT molecular complexity index is 1770. The smallest absolute Gasteiger partial charge is 0.245 e. The van der Waals surface area contributed by atoms with E-state index in [4.69, 9.17) is 19.9 Å². The first kappa shape index (κ1) is 24.0. The summed E-state index contributed by atoms with van der Waals surface area (Å²) in [5.41, 5.74) is 10.2. The molecule has 200 valence electrons. The molecule has 1 aliphatic carbocycles. The van der Waals surface area contributed by atoms with Crippen molar-refractivity contribution in [2.24, 2.45) is 24.8 Å². The van der Waals surface area contributed by atoms with Gasteiger partial charge in [0.25, 0.3) is 0 Å². The largest absolute Gasteiger partial charge is 0.453 e. The van der Waals surface area contributed by atoms with Gasteiger partial charge < -0.3 is 29.4 Å². The molecule has 1 saturated heterocycles. The summed E-state index contributed by atoms with van der Waals surface area (Å²) in [4.78, 5) is 27.0. The number of benzene rings is 1. The van der Waals surface area contributed by atoms with Gasteiger partial charge in [0.05, 0.1) is 5.39 Å². The number of carbonyl (C=O) groups excluding carboxylic acids is 1. The summed E-state index contributed by atoms with van der Waals surface area (Å²) < 4.78 is 19.8. The van der Waals surface area contributed by atoms with Crippen LogP contribution in [0.2, 0.25) is 0 Å². The number of hydrogen-bond donors (Lipinski definition) is 1. The van der Waals surface area contributed by atoms with E-state index in [1.807, 2.05) is 47.7 Å². The molecular formula is C30H26N6O4. The summed E-state index contributed by atoms with van der Waals surface area (Å²) in [5.74, 6) is 10.2. The molecule has 1 amide bonds. The molecule has 2 fully saturated rings. The predicted molar refractivity (Wildman–Crippen MR) is 148 cm³/mol. The summed E-state index contributed by atoms with van der Waals surface area (Å²) in [7, 11) is 1.92. The molecule has 0 bridgehead atoms. The zero-order chi connectivity index (χ0) is 27.5. The van der Waals surface area contributed by atoms with Crippen molar-refractivity contribution in [2.45, 2.75) is 6.92 Å². The summed E-state index contributed by atoms with van der Waals surface area (Å²) in [6, 6.07) is 9.33. The van der Waals surface area contributed by atoms with Crippen molar-refractivity contribution in [1.29, 1.82) is 0 Å². The molecule has 2 N–H and O–H groups in total. The Kier molecular flexibility index (Phi) is 5.42. The number of rotatable bonds is 4. The van der Waals surface area contributed by atoms with E-state index in [0.29, 0.717) is 64.9 Å². The van der Waals surface area contributed by atoms with Crippen molar-refractivity contribution in [3.63, 3.8) is 0 Å². The molecule has 5 heterocycles. The number of nitrogens with two attached hydrogens (primary N) is 1. The highest BCUT2D eigenvalue weighted by Crippen LogP contribution is 2.53. The maximum absolute atomic E-state index is 12.0. The van der Waals surface area contributed by atoms with Gasteiger partial charge in [0.2, 0.25) is 24.3 Å². The molecule has 0 radical (unpaired) electrons. The SMILES string of the molecule is C=CC(=O)N1C[C@@H]2C(C#Cc3c(-c4ccc(Oc5cccc(C)n5)c5c4OCO5)c4c(N)ncnc4n3C)[C@@H]2C1. The Morgan fingerprint density at radius 2 is 1.98 bits per heavy atom. The zero-order valence-electron chi connectivity index (χ0n) is 22.0. The van der Waals surface area contributed by atoms with Gasteiger partial charge in [-0.1, -0.05) is 18.6 Å². The zero-order valence-corrected chi connectivity index (χ0v) is 22.0. The molecule has 1 saturated carbocycles. The Morgan fingerprint density at radius 3 is 2.75 bits per heavy atom. The fourth-order valence-electron chi connectivity index (χ4n) is 5.82. The third kappa shape index (κ3) is 3.73. The molecule has 4 aromatic rings. The highest BCUT2D eigenvalue weighted by atomic mass is 16.7. The van der Waals surface area contributed by atoms with Gasteiger partial charge in [-0.05, 0) is 49.0 Å². The molecule has 40 heavy (non-hydrogen) atoms. The van der Waals surface area contributed by atoms with Crippen molar-refractivity contribution in [3.8, 4) is 46.1 Å². The van der Waals surface area contributed by atoms with E-state index < -0.39 is 0 Å². The van der Waals surface area contributed by atoms with Gasteiger partial charge in [0.1, 0.15) is 23.5 Å². The summed E-state index contributed by atoms with van der Waals surface area (Å²) in [6.45, 7) is 6.98. The van der Waals surface area contributed by atoms with E-state index in [-0.39, 0.29) is 18.6 Å². The van der Waals surface area contributed by atoms with E-state index in [1.165, 1.54) is 12.4 Å². The molecule has 0 spiro atoms. The highest BCUT2D eigenvalue weighted by molar-refractivity contribution is 6.05. The molecule has 10 heteroatoms. The average Bonchev–Trinajstić information content (AvgIpc) is 3.36. The Balaban J connectivity index is 1.30. The molecule has 1 unspecified atom stereocenters. The Morgan fingerprint density at radius 1 is 1.18 bits per heavy atom. The van der Waals surface area contributed by atoms with Crippen LogP contribution in [0.3, 0.4) is 0 Å². The lowest BCUT2D eigenvalue weighted by molar-refractivity contribution is -0.125. The first-order valence-electron chi connectivity index (χ1n) is 13.0. The van der Waals surface area contributed by atoms with E-state index in [1.54, 1.807) is 6.07 Å². The second-order valence-corrected chi connectivity index (χ2v) is 10.2. The van der Waals surface area contributed by atoms with Crippen molar-refractivity contribution in [3.05, 3.63) is 60.7 Å². The topological polar surface area (TPSA) is 118 Å². The summed E-state index contributed by atoms with van der Waals surface area (Å²) in [5, 5.41) is 0.694. The molecule has 1 aromatic carbocycles. The van der Waals surface area contributed by atoms with E-state index in [9.17, 15) is 4.79 Å². The number of piperidine rings is 1. The van der Waals surface area contributed by atoms with Crippen LogP contribution < -0.4 is 19.9 Å². The van der Waals surface area contributed by atoms with E-state index in [0.717, 1.165) is 22.5 Å². The first-order chi connectivity index (χ1) is 19.4. The Labute approximate surface area is 230 Å². The number of likely N-dealkylation sites (tertiary alicyclic amines) is 1. The third-order valence-electron chi connectivity index (χ3n) is 7.86. The molecular weight excluding hydrogens is 508 g/mol.